The number of pyridine rings is 1. The van der Waals surface area contributed by atoms with Gasteiger partial charge in [0, 0.05) is 30.7 Å². The van der Waals surface area contributed by atoms with Crippen LogP contribution in [0.2, 0.25) is 0 Å². The lowest BCUT2D eigenvalue weighted by Crippen LogP contribution is -2.30. The second-order valence-electron chi connectivity index (χ2n) is 11.4. The van der Waals surface area contributed by atoms with Gasteiger partial charge in [-0.05, 0) is 73.4 Å². The van der Waals surface area contributed by atoms with Crippen LogP contribution in [0.15, 0.2) is 66.7 Å². The maximum absolute atomic E-state index is 15.7. The summed E-state index contributed by atoms with van der Waals surface area (Å²) < 4.78 is 58.9. The van der Waals surface area contributed by atoms with Crippen LogP contribution in [0, 0.1) is 24.4 Å². The number of hydrogen-bond donors (Lipinski definition) is 1. The Morgan fingerprint density at radius 3 is 2.51 bits per heavy atom. The van der Waals surface area contributed by atoms with Crippen LogP contribution in [0.1, 0.15) is 64.6 Å². The fourth-order valence-electron chi connectivity index (χ4n) is 6.07. The average molecular weight is 616 g/mol. The third kappa shape index (κ3) is 6.28. The third-order valence-corrected chi connectivity index (χ3v) is 8.38. The van der Waals surface area contributed by atoms with Gasteiger partial charge in [0.2, 0.25) is 5.88 Å². The van der Waals surface area contributed by atoms with Crippen molar-refractivity contribution < 1.29 is 32.5 Å². The van der Waals surface area contributed by atoms with Gasteiger partial charge in [-0.2, -0.15) is 0 Å². The van der Waals surface area contributed by atoms with Crippen LogP contribution in [0.25, 0.3) is 22.3 Å². The van der Waals surface area contributed by atoms with Crippen molar-refractivity contribution in [3.63, 3.8) is 0 Å². The summed E-state index contributed by atoms with van der Waals surface area (Å²) >= 11 is 0. The fraction of sp³-hybridized carbons (Fsp3) is 0.286. The SMILES string of the molecule is CO[C@@H]1CCCC[C@@H]1n1c(Cc2cc(F)c(-c3cccc(OCc4ccc(C)cc4F)n3)cc2F)nc2ccc(C(=O)O)cc21. The van der Waals surface area contributed by atoms with E-state index in [0.29, 0.717) is 22.4 Å². The van der Waals surface area contributed by atoms with Crippen molar-refractivity contribution in [1.82, 2.24) is 14.5 Å². The van der Waals surface area contributed by atoms with Crippen molar-refractivity contribution in [3.05, 3.63) is 112 Å². The molecule has 3 aromatic carbocycles. The Morgan fingerprint density at radius 1 is 0.933 bits per heavy atom. The number of fused-ring (bicyclic) bond motifs is 1. The van der Waals surface area contributed by atoms with Gasteiger partial charge in [-0.15, -0.1) is 0 Å². The number of benzene rings is 3. The fourth-order valence-corrected chi connectivity index (χ4v) is 6.07. The molecule has 1 N–H and O–H groups in total. The number of ether oxygens (including phenoxy) is 2. The standard InChI is InChI=1S/C35H32F3N3O4/c1-20-10-11-22(25(36)14-20)19-45-34-9-5-6-28(40-34)24-18-26(37)23(15-27(24)38)17-33-39-29-13-12-21(35(42)43)16-31(29)41(33)30-7-3-4-8-32(30)44-2/h5-6,9-16,18,30,32H,3-4,7-8,17,19H2,1-2H3,(H,42,43)/t30-,32+/m0/s1. The second kappa shape index (κ2) is 12.7. The number of carboxylic acids is 1. The summed E-state index contributed by atoms with van der Waals surface area (Å²) in [6, 6.07) is 16.3. The van der Waals surface area contributed by atoms with Crippen molar-refractivity contribution in [2.45, 2.75) is 57.8 Å². The molecule has 10 heteroatoms. The molecule has 45 heavy (non-hydrogen) atoms. The second-order valence-corrected chi connectivity index (χ2v) is 11.4. The van der Waals surface area contributed by atoms with Gasteiger partial charge in [0.05, 0.1) is 34.4 Å². The van der Waals surface area contributed by atoms with E-state index in [4.69, 9.17) is 14.5 Å². The highest BCUT2D eigenvalue weighted by atomic mass is 19.1. The van der Waals surface area contributed by atoms with E-state index in [1.165, 1.54) is 12.1 Å². The molecule has 0 bridgehead atoms. The maximum atomic E-state index is 15.7. The number of carboxylic acid groups (broad SMARTS) is 1. The molecule has 0 spiro atoms. The minimum atomic E-state index is -1.06. The van der Waals surface area contributed by atoms with E-state index in [1.807, 2.05) is 4.57 Å². The van der Waals surface area contributed by atoms with Crippen molar-refractivity contribution in [2.24, 2.45) is 0 Å². The van der Waals surface area contributed by atoms with Crippen LogP contribution in [0.3, 0.4) is 0 Å². The van der Waals surface area contributed by atoms with Gasteiger partial charge in [0.25, 0.3) is 0 Å². The number of imidazole rings is 1. The van der Waals surface area contributed by atoms with Gasteiger partial charge < -0.3 is 19.1 Å². The Labute approximate surface area is 258 Å². The first-order valence-corrected chi connectivity index (χ1v) is 14.8. The zero-order valence-electron chi connectivity index (χ0n) is 24.9. The van der Waals surface area contributed by atoms with Gasteiger partial charge in [0.15, 0.2) is 0 Å². The first-order chi connectivity index (χ1) is 21.7. The minimum Gasteiger partial charge on any atom is -0.478 e. The van der Waals surface area contributed by atoms with Gasteiger partial charge in [-0.1, -0.05) is 31.0 Å². The molecular formula is C35H32F3N3O4. The van der Waals surface area contributed by atoms with Crippen LogP contribution in [0.4, 0.5) is 13.2 Å². The molecule has 2 aromatic heterocycles. The smallest absolute Gasteiger partial charge is 0.335 e. The molecule has 0 saturated heterocycles. The molecule has 232 valence electrons. The van der Waals surface area contributed by atoms with E-state index in [9.17, 15) is 14.3 Å². The number of rotatable bonds is 9. The predicted molar refractivity (Wildman–Crippen MR) is 163 cm³/mol. The van der Waals surface area contributed by atoms with Crippen molar-refractivity contribution >= 4 is 17.0 Å². The Hall–Kier alpha value is -4.70. The summed E-state index contributed by atoms with van der Waals surface area (Å²) in [5, 5.41) is 9.62. The lowest BCUT2D eigenvalue weighted by Gasteiger charge is -2.33. The number of halogens is 3. The van der Waals surface area contributed by atoms with Crippen molar-refractivity contribution in [3.8, 4) is 17.1 Å². The zero-order valence-corrected chi connectivity index (χ0v) is 24.9. The molecule has 2 atom stereocenters. The number of aromatic nitrogens is 3. The normalized spacial score (nSPS) is 16.6. The highest BCUT2D eigenvalue weighted by Gasteiger charge is 2.30. The van der Waals surface area contributed by atoms with Gasteiger partial charge in [-0.3, -0.25) is 0 Å². The molecule has 0 aliphatic heterocycles. The molecule has 0 unspecified atom stereocenters. The molecule has 1 fully saturated rings. The third-order valence-electron chi connectivity index (χ3n) is 8.38. The van der Waals surface area contributed by atoms with E-state index >= 15 is 8.78 Å². The van der Waals surface area contributed by atoms with E-state index < -0.39 is 23.4 Å². The minimum absolute atomic E-state index is 0.0221. The van der Waals surface area contributed by atoms with Gasteiger partial charge >= 0.3 is 5.97 Å². The Bertz CT molecular complexity index is 1890. The largest absolute Gasteiger partial charge is 0.478 e. The molecule has 6 rings (SSSR count). The number of methoxy groups -OCH3 is 1. The van der Waals surface area contributed by atoms with Crippen LogP contribution in [-0.4, -0.2) is 38.8 Å². The average Bonchev–Trinajstić information content (AvgIpc) is 3.39. The predicted octanol–water partition coefficient (Wildman–Crippen LogP) is 7.82. The lowest BCUT2D eigenvalue weighted by atomic mass is 9.91. The molecule has 2 heterocycles. The molecule has 0 radical (unpaired) electrons. The summed E-state index contributed by atoms with van der Waals surface area (Å²) in [6.07, 6.45) is 3.41. The molecular weight excluding hydrogens is 583 g/mol. The first-order valence-electron chi connectivity index (χ1n) is 14.8. The summed E-state index contributed by atoms with van der Waals surface area (Å²) in [6.45, 7) is 1.72. The van der Waals surface area contributed by atoms with E-state index in [-0.39, 0.29) is 53.4 Å². The summed E-state index contributed by atoms with van der Waals surface area (Å²) in [4.78, 5) is 20.8. The van der Waals surface area contributed by atoms with Crippen LogP contribution in [0.5, 0.6) is 5.88 Å². The number of hydrogen-bond acceptors (Lipinski definition) is 5. The number of nitrogens with zero attached hydrogens (tertiary/aromatic N) is 3. The molecule has 7 nitrogen and oxygen atoms in total. The van der Waals surface area contributed by atoms with Gasteiger partial charge in [-0.25, -0.2) is 27.9 Å². The summed E-state index contributed by atoms with van der Waals surface area (Å²) in [5.74, 6) is -2.14. The van der Waals surface area contributed by atoms with E-state index in [0.717, 1.165) is 43.4 Å². The zero-order chi connectivity index (χ0) is 31.7. The summed E-state index contributed by atoms with van der Waals surface area (Å²) in [7, 11) is 1.65. The quantitative estimate of drug-likeness (QED) is 0.182. The van der Waals surface area contributed by atoms with E-state index in [1.54, 1.807) is 56.5 Å². The van der Waals surface area contributed by atoms with Crippen LogP contribution in [-0.2, 0) is 17.8 Å². The highest BCUT2D eigenvalue weighted by molar-refractivity contribution is 5.92. The van der Waals surface area contributed by atoms with E-state index in [2.05, 4.69) is 4.98 Å². The highest BCUT2D eigenvalue weighted by Crippen LogP contribution is 2.36. The Balaban J connectivity index is 1.31. The molecule has 1 saturated carbocycles. The Morgan fingerprint density at radius 2 is 1.73 bits per heavy atom. The molecule has 0 amide bonds. The lowest BCUT2D eigenvalue weighted by molar-refractivity contribution is 0.0295. The van der Waals surface area contributed by atoms with Crippen molar-refractivity contribution in [1.29, 1.82) is 0 Å². The topological polar surface area (TPSA) is 86.5 Å². The van der Waals surface area contributed by atoms with Crippen molar-refractivity contribution in [2.75, 3.05) is 7.11 Å². The molecule has 5 aromatic rings. The first kappa shape index (κ1) is 30.3. The van der Waals surface area contributed by atoms with Crippen LogP contribution >= 0.6 is 0 Å². The van der Waals surface area contributed by atoms with Gasteiger partial charge in [0.1, 0.15) is 29.9 Å². The number of carbonyl (C=O) groups is 1. The molecule has 1 aliphatic carbocycles. The maximum Gasteiger partial charge on any atom is 0.335 e. The monoisotopic (exact) mass is 615 g/mol. The number of aromatic carboxylic acids is 1. The van der Waals surface area contributed by atoms with Crippen LogP contribution < -0.4 is 4.74 Å². The summed E-state index contributed by atoms with van der Waals surface area (Å²) in [5.41, 5.74) is 2.65. The number of aryl methyl sites for hydroxylation is 1. The Kier molecular flexibility index (Phi) is 8.58. The molecule has 1 aliphatic rings.